The third-order valence-corrected chi connectivity index (χ3v) is 14.2. The van der Waals surface area contributed by atoms with Gasteiger partial charge in [0.25, 0.3) is 10.0 Å². The molecule has 1 aliphatic rings. The number of likely N-dealkylation sites (N-methyl/N-ethyl adjacent to an activating group) is 1. The van der Waals surface area contributed by atoms with E-state index in [1.54, 1.807) is 43.6 Å². The second-order valence-corrected chi connectivity index (χ2v) is 18.7. The molecule has 0 unspecified atom stereocenters. The van der Waals surface area contributed by atoms with Gasteiger partial charge in [-0.1, -0.05) is 98.4 Å². The normalized spacial score (nSPS) is 18.0. The van der Waals surface area contributed by atoms with Gasteiger partial charge in [0.15, 0.2) is 0 Å². The number of hydrogen-bond donors (Lipinski definition) is 6. The van der Waals surface area contributed by atoms with Gasteiger partial charge in [-0.2, -0.15) is 0 Å². The molecule has 0 saturated heterocycles. The van der Waals surface area contributed by atoms with Crippen LogP contribution in [0.2, 0.25) is 5.02 Å². The van der Waals surface area contributed by atoms with Crippen LogP contribution in [0.25, 0.3) is 22.0 Å². The van der Waals surface area contributed by atoms with Crippen molar-refractivity contribution in [1.82, 2.24) is 35.5 Å². The van der Waals surface area contributed by atoms with Crippen molar-refractivity contribution in [1.29, 1.82) is 0 Å². The molecule has 0 spiro atoms. The van der Waals surface area contributed by atoms with E-state index in [1.165, 1.54) is 28.8 Å². The van der Waals surface area contributed by atoms with Crippen LogP contribution in [-0.4, -0.2) is 83.8 Å². The number of amides is 4. The van der Waals surface area contributed by atoms with E-state index in [-0.39, 0.29) is 36.9 Å². The topological polar surface area (TPSA) is 203 Å². The van der Waals surface area contributed by atoms with Crippen molar-refractivity contribution >= 4 is 67.9 Å². The highest BCUT2D eigenvalue weighted by Crippen LogP contribution is 2.41. The standard InChI is InChI=1S/C46H54ClN7O7S2/c1-4-5-6-7-15-40-46(59)54(3)41(25-32-27-49-38-14-9-8-13-35(32)38)44(58)51-28-36-34(30-17-19-33(20-18-30)63(60,61)53-29(2)56)21-22-37(47)42(36)62-45-31(12-10-23-48-45)26-50-39(16-11-24-55)43(57)52-40/h8-10,12-14,17-23,27,39-41,49-50,55H,4-7,11,15-16,24-26,28H2,1-3H3,(H,51,58)(H,52,57)(H,53,56)/t39-,40-,41-/m0/s1. The second kappa shape index (κ2) is 21.9. The Morgan fingerprint density at radius 1 is 0.937 bits per heavy atom. The number of unbranched alkanes of at least 4 members (excludes halogenated alkanes) is 3. The molecule has 2 aromatic heterocycles. The summed E-state index contributed by atoms with van der Waals surface area (Å²) in [6.07, 6.45) is 8.15. The van der Waals surface area contributed by atoms with Crippen LogP contribution in [0.5, 0.6) is 0 Å². The molecule has 0 aliphatic carbocycles. The number of H-pyrrole nitrogens is 1. The summed E-state index contributed by atoms with van der Waals surface area (Å²) in [5.41, 5.74) is 4.32. The first-order chi connectivity index (χ1) is 30.3. The number of benzene rings is 3. The number of para-hydroxylation sites is 1. The number of aromatic nitrogens is 2. The Labute approximate surface area is 377 Å². The summed E-state index contributed by atoms with van der Waals surface area (Å²) < 4.78 is 27.7. The minimum Gasteiger partial charge on any atom is -0.396 e. The van der Waals surface area contributed by atoms with E-state index in [0.717, 1.165) is 48.2 Å². The lowest BCUT2D eigenvalue weighted by Crippen LogP contribution is -2.57. The average Bonchev–Trinajstić information content (AvgIpc) is 3.68. The maximum atomic E-state index is 14.8. The number of halogens is 1. The Bertz CT molecular complexity index is 2530. The van der Waals surface area contributed by atoms with Crippen molar-refractivity contribution in [3.05, 3.63) is 107 Å². The Hall–Kier alpha value is -5.26. The van der Waals surface area contributed by atoms with Gasteiger partial charge in [0.2, 0.25) is 23.6 Å². The molecule has 0 saturated carbocycles. The fourth-order valence-electron chi connectivity index (χ4n) is 7.73. The number of sulfonamides is 1. The Balaban J connectivity index is 1.48. The SMILES string of the molecule is CCCCCC[C@@H]1NC(=O)[C@H](CCCO)NCc2cccnc2Sc2c(Cl)ccc(-c3ccc(S(=O)(=O)NC(C)=O)cc3)c2CNC(=O)[C@H](Cc2c[nH]c3ccccc23)N(C)C1=O. The van der Waals surface area contributed by atoms with Crippen molar-refractivity contribution < 1.29 is 32.7 Å². The van der Waals surface area contributed by atoms with E-state index >= 15 is 0 Å². The molecular formula is C46H54ClN7O7S2. The third-order valence-electron chi connectivity index (χ3n) is 11.1. The van der Waals surface area contributed by atoms with Crippen LogP contribution in [0.3, 0.4) is 0 Å². The van der Waals surface area contributed by atoms with Crippen LogP contribution >= 0.6 is 23.4 Å². The summed E-state index contributed by atoms with van der Waals surface area (Å²) in [6.45, 7) is 3.26. The number of nitrogens with one attached hydrogen (secondary N) is 5. The second-order valence-electron chi connectivity index (χ2n) is 15.6. The number of carbonyl (C=O) groups excluding carboxylic acids is 4. The molecule has 0 radical (unpaired) electrons. The van der Waals surface area contributed by atoms with E-state index in [9.17, 15) is 32.7 Å². The van der Waals surface area contributed by atoms with Gasteiger partial charge in [-0.3, -0.25) is 19.2 Å². The largest absolute Gasteiger partial charge is 0.396 e. The number of pyridine rings is 1. The first-order valence-corrected chi connectivity index (χ1v) is 23.8. The molecule has 3 heterocycles. The quantitative estimate of drug-likeness (QED) is 0.0734. The van der Waals surface area contributed by atoms with Gasteiger partial charge in [-0.25, -0.2) is 18.1 Å². The lowest BCUT2D eigenvalue weighted by molar-refractivity contribution is -0.142. The molecular weight excluding hydrogens is 862 g/mol. The van der Waals surface area contributed by atoms with Gasteiger partial charge in [-0.15, -0.1) is 0 Å². The highest BCUT2D eigenvalue weighted by atomic mass is 35.5. The first-order valence-electron chi connectivity index (χ1n) is 21.1. The number of fused-ring (bicyclic) bond motifs is 3. The fraction of sp³-hybridized carbons (Fsp3) is 0.370. The first kappa shape index (κ1) is 47.2. The summed E-state index contributed by atoms with van der Waals surface area (Å²) >= 11 is 8.31. The van der Waals surface area contributed by atoms with E-state index in [4.69, 9.17) is 16.6 Å². The minimum absolute atomic E-state index is 0.0454. The molecule has 334 valence electrons. The molecule has 0 fully saturated rings. The number of aromatic amines is 1. The molecule has 1 aliphatic heterocycles. The Morgan fingerprint density at radius 2 is 1.70 bits per heavy atom. The highest BCUT2D eigenvalue weighted by Gasteiger charge is 2.34. The molecule has 17 heteroatoms. The van der Waals surface area contributed by atoms with E-state index in [1.807, 2.05) is 41.3 Å². The summed E-state index contributed by atoms with van der Waals surface area (Å²) in [4.78, 5) is 65.3. The van der Waals surface area contributed by atoms with Crippen LogP contribution in [-0.2, 0) is 48.7 Å². The zero-order valence-corrected chi connectivity index (χ0v) is 38.0. The number of nitrogens with zero attached hydrogens (tertiary/aromatic N) is 2. The number of aliphatic hydroxyl groups excluding tert-OH is 1. The van der Waals surface area contributed by atoms with Crippen LogP contribution in [0.4, 0.5) is 0 Å². The molecule has 3 aromatic carbocycles. The van der Waals surface area contributed by atoms with E-state index < -0.39 is 45.9 Å². The van der Waals surface area contributed by atoms with Gasteiger partial charge in [0.05, 0.1) is 16.0 Å². The zero-order valence-electron chi connectivity index (χ0n) is 35.6. The van der Waals surface area contributed by atoms with Crippen molar-refractivity contribution in [3.8, 4) is 11.1 Å². The maximum Gasteiger partial charge on any atom is 0.264 e. The van der Waals surface area contributed by atoms with Gasteiger partial charge in [0.1, 0.15) is 17.1 Å². The molecule has 6 N–H and O–H groups in total. The third kappa shape index (κ3) is 11.9. The molecule has 0 bridgehead atoms. The predicted molar refractivity (Wildman–Crippen MR) is 244 cm³/mol. The number of aliphatic hydroxyl groups is 1. The molecule has 4 amide bonds. The Kier molecular flexibility index (Phi) is 16.4. The van der Waals surface area contributed by atoms with E-state index in [2.05, 4.69) is 27.9 Å². The number of rotatable bonds is 13. The summed E-state index contributed by atoms with van der Waals surface area (Å²) in [6, 6.07) is 18.2. The minimum atomic E-state index is -4.11. The van der Waals surface area contributed by atoms with Crippen molar-refractivity contribution in [3.63, 3.8) is 0 Å². The van der Waals surface area contributed by atoms with Gasteiger partial charge in [-0.05, 0) is 77.4 Å². The lowest BCUT2D eigenvalue weighted by Gasteiger charge is -2.32. The summed E-state index contributed by atoms with van der Waals surface area (Å²) in [7, 11) is -2.52. The molecule has 63 heavy (non-hydrogen) atoms. The molecule has 5 aromatic rings. The molecule has 6 rings (SSSR count). The fourth-order valence-corrected chi connectivity index (χ4v) is 10.1. The lowest BCUT2D eigenvalue weighted by atomic mass is 9.98. The number of carbonyl (C=O) groups is 4. The van der Waals surface area contributed by atoms with Gasteiger partial charge < -0.3 is 30.9 Å². The smallest absolute Gasteiger partial charge is 0.264 e. The van der Waals surface area contributed by atoms with Crippen LogP contribution in [0.15, 0.2) is 100 Å². The zero-order chi connectivity index (χ0) is 45.1. The van der Waals surface area contributed by atoms with E-state index in [0.29, 0.717) is 57.3 Å². The average molecular weight is 917 g/mol. The molecule has 14 nitrogen and oxygen atoms in total. The van der Waals surface area contributed by atoms with Crippen molar-refractivity contribution in [2.75, 3.05) is 13.7 Å². The predicted octanol–water partition coefficient (Wildman–Crippen LogP) is 6.24. The highest BCUT2D eigenvalue weighted by molar-refractivity contribution is 7.99. The van der Waals surface area contributed by atoms with Crippen molar-refractivity contribution in [2.24, 2.45) is 0 Å². The van der Waals surface area contributed by atoms with Gasteiger partial charge >= 0.3 is 0 Å². The van der Waals surface area contributed by atoms with Crippen LogP contribution < -0.4 is 20.7 Å². The monoisotopic (exact) mass is 915 g/mol. The van der Waals surface area contributed by atoms with Gasteiger partial charge in [0, 0.05) is 68.3 Å². The Morgan fingerprint density at radius 3 is 2.44 bits per heavy atom. The number of hydrogen-bond acceptors (Lipinski definition) is 10. The summed E-state index contributed by atoms with van der Waals surface area (Å²) in [5.74, 6) is -1.96. The van der Waals surface area contributed by atoms with Crippen LogP contribution in [0.1, 0.15) is 75.5 Å². The summed E-state index contributed by atoms with van der Waals surface area (Å²) in [5, 5.41) is 21.2. The molecule has 3 atom stereocenters. The maximum absolute atomic E-state index is 14.8. The van der Waals surface area contributed by atoms with Crippen molar-refractivity contribution in [2.45, 2.75) is 111 Å². The van der Waals surface area contributed by atoms with Crippen LogP contribution in [0, 0.1) is 0 Å².